The van der Waals surface area contributed by atoms with E-state index in [1.54, 1.807) is 11.6 Å². The van der Waals surface area contributed by atoms with E-state index in [1.165, 1.54) is 0 Å². The van der Waals surface area contributed by atoms with Crippen molar-refractivity contribution in [1.82, 2.24) is 20.0 Å². The van der Waals surface area contributed by atoms with Crippen LogP contribution in [0.15, 0.2) is 30.3 Å². The molecule has 0 bridgehead atoms. The number of carbonyl (C=O) groups excluding carboxylic acids is 1. The number of benzene rings is 1. The summed E-state index contributed by atoms with van der Waals surface area (Å²) >= 11 is 6.41. The summed E-state index contributed by atoms with van der Waals surface area (Å²) in [4.78, 5) is 14.8. The molecular formula is C18H23ClN4O2. The lowest BCUT2D eigenvalue weighted by molar-refractivity contribution is 0.0374. The summed E-state index contributed by atoms with van der Waals surface area (Å²) in [5.41, 5.74) is 1.90. The van der Waals surface area contributed by atoms with Crippen molar-refractivity contribution in [3.63, 3.8) is 0 Å². The molecule has 6 nitrogen and oxygen atoms in total. The number of hydrogen-bond acceptors (Lipinski definition) is 4. The Bertz CT molecular complexity index is 711. The number of nitrogens with zero attached hydrogens (tertiary/aromatic N) is 3. The lowest BCUT2D eigenvalue weighted by Crippen LogP contribution is -2.38. The van der Waals surface area contributed by atoms with Gasteiger partial charge in [-0.25, -0.2) is 4.68 Å². The van der Waals surface area contributed by atoms with Gasteiger partial charge in [0.05, 0.1) is 30.2 Å². The number of para-hydroxylation sites is 1. The fraction of sp³-hybridized carbons (Fsp3) is 0.444. The van der Waals surface area contributed by atoms with Crippen molar-refractivity contribution in [1.29, 1.82) is 0 Å². The first-order valence-corrected chi connectivity index (χ1v) is 8.93. The van der Waals surface area contributed by atoms with E-state index in [0.29, 0.717) is 23.0 Å². The van der Waals surface area contributed by atoms with Crippen LogP contribution in [0, 0.1) is 6.92 Å². The molecule has 3 rings (SSSR count). The quantitative estimate of drug-likeness (QED) is 0.801. The van der Waals surface area contributed by atoms with Crippen LogP contribution in [0.3, 0.4) is 0 Å². The highest BCUT2D eigenvalue weighted by atomic mass is 35.5. The normalized spacial score (nSPS) is 15.3. The first-order chi connectivity index (χ1) is 12.2. The van der Waals surface area contributed by atoms with Gasteiger partial charge in [0.15, 0.2) is 0 Å². The largest absolute Gasteiger partial charge is 0.379 e. The number of halogens is 1. The topological polar surface area (TPSA) is 59.4 Å². The molecule has 7 heteroatoms. The van der Waals surface area contributed by atoms with Gasteiger partial charge in [0, 0.05) is 19.6 Å². The van der Waals surface area contributed by atoms with Gasteiger partial charge in [-0.2, -0.15) is 5.10 Å². The van der Waals surface area contributed by atoms with E-state index < -0.39 is 0 Å². The lowest BCUT2D eigenvalue weighted by atomic mass is 10.2. The van der Waals surface area contributed by atoms with Crippen LogP contribution in [0.2, 0.25) is 5.15 Å². The van der Waals surface area contributed by atoms with E-state index in [0.717, 1.165) is 45.0 Å². The number of carbonyl (C=O) groups is 1. The SMILES string of the molecule is Cc1nn(-c2ccccc2)c(Cl)c1C(=O)NCCCN1CCOCC1. The van der Waals surface area contributed by atoms with Crippen molar-refractivity contribution >= 4 is 17.5 Å². The van der Waals surface area contributed by atoms with Gasteiger partial charge in [-0.3, -0.25) is 9.69 Å². The maximum Gasteiger partial charge on any atom is 0.256 e. The summed E-state index contributed by atoms with van der Waals surface area (Å²) in [6.45, 7) is 6.88. The standard InChI is InChI=1S/C18H23ClN4O2/c1-14-16(17(19)23(21-14)15-6-3-2-4-7-15)18(24)20-8-5-9-22-10-12-25-13-11-22/h2-4,6-7H,5,8-13H2,1H3,(H,20,24). The Hall–Kier alpha value is -1.89. The molecule has 1 saturated heterocycles. The molecule has 2 heterocycles. The highest BCUT2D eigenvalue weighted by Crippen LogP contribution is 2.23. The van der Waals surface area contributed by atoms with E-state index in [1.807, 2.05) is 30.3 Å². The van der Waals surface area contributed by atoms with Crippen molar-refractivity contribution in [2.45, 2.75) is 13.3 Å². The Morgan fingerprint density at radius 2 is 2.00 bits per heavy atom. The van der Waals surface area contributed by atoms with Crippen molar-refractivity contribution in [2.75, 3.05) is 39.4 Å². The number of amides is 1. The molecule has 1 aliphatic rings. The number of nitrogens with one attached hydrogen (secondary N) is 1. The second-order valence-corrected chi connectivity index (χ2v) is 6.42. The number of morpholine rings is 1. The molecule has 0 spiro atoms. The van der Waals surface area contributed by atoms with Crippen molar-refractivity contribution < 1.29 is 9.53 Å². The maximum atomic E-state index is 12.5. The summed E-state index contributed by atoms with van der Waals surface area (Å²) in [5.74, 6) is -0.174. The molecule has 0 unspecified atom stereocenters. The van der Waals surface area contributed by atoms with Crippen LogP contribution in [0.1, 0.15) is 22.5 Å². The molecule has 25 heavy (non-hydrogen) atoms. The minimum absolute atomic E-state index is 0.174. The zero-order valence-electron chi connectivity index (χ0n) is 14.4. The monoisotopic (exact) mass is 362 g/mol. The zero-order valence-corrected chi connectivity index (χ0v) is 15.1. The first kappa shape index (κ1) is 17.9. The van der Waals surface area contributed by atoms with E-state index in [4.69, 9.17) is 16.3 Å². The third-order valence-corrected chi connectivity index (χ3v) is 4.62. The second-order valence-electron chi connectivity index (χ2n) is 6.06. The van der Waals surface area contributed by atoms with Crippen LogP contribution >= 0.6 is 11.6 Å². The van der Waals surface area contributed by atoms with Crippen LogP contribution in [0.25, 0.3) is 5.69 Å². The molecule has 1 N–H and O–H groups in total. The Morgan fingerprint density at radius 1 is 1.28 bits per heavy atom. The fourth-order valence-electron chi connectivity index (χ4n) is 2.92. The molecule has 1 fully saturated rings. The number of aromatic nitrogens is 2. The number of ether oxygens (including phenoxy) is 1. The third-order valence-electron chi connectivity index (χ3n) is 4.27. The van der Waals surface area contributed by atoms with Gasteiger partial charge in [-0.05, 0) is 32.0 Å². The average molecular weight is 363 g/mol. The summed E-state index contributed by atoms with van der Waals surface area (Å²) in [5, 5.41) is 7.70. The first-order valence-electron chi connectivity index (χ1n) is 8.55. The van der Waals surface area contributed by atoms with E-state index in [-0.39, 0.29) is 5.91 Å². The molecule has 1 aliphatic heterocycles. The number of aryl methyl sites for hydroxylation is 1. The van der Waals surface area contributed by atoms with E-state index in [2.05, 4.69) is 15.3 Å². The summed E-state index contributed by atoms with van der Waals surface area (Å²) in [6, 6.07) is 9.56. The van der Waals surface area contributed by atoms with Gasteiger partial charge in [0.1, 0.15) is 5.15 Å². The second kappa shape index (κ2) is 8.47. The Kier molecular flexibility index (Phi) is 6.07. The molecule has 1 amide bonds. The lowest BCUT2D eigenvalue weighted by Gasteiger charge is -2.26. The highest BCUT2D eigenvalue weighted by Gasteiger charge is 2.20. The molecule has 2 aromatic rings. The number of hydrogen-bond donors (Lipinski definition) is 1. The summed E-state index contributed by atoms with van der Waals surface area (Å²) in [6.07, 6.45) is 0.898. The van der Waals surface area contributed by atoms with Crippen molar-refractivity contribution in [2.24, 2.45) is 0 Å². The fourth-order valence-corrected chi connectivity index (χ4v) is 3.27. The van der Waals surface area contributed by atoms with Crippen LogP contribution in [0.5, 0.6) is 0 Å². The van der Waals surface area contributed by atoms with E-state index >= 15 is 0 Å². The predicted molar refractivity (Wildman–Crippen MR) is 97.5 cm³/mol. The average Bonchev–Trinajstić information content (AvgIpc) is 2.94. The van der Waals surface area contributed by atoms with Gasteiger partial charge in [-0.15, -0.1) is 0 Å². The number of rotatable bonds is 6. The van der Waals surface area contributed by atoms with Crippen LogP contribution in [0.4, 0.5) is 0 Å². The molecule has 1 aromatic carbocycles. The maximum absolute atomic E-state index is 12.5. The summed E-state index contributed by atoms with van der Waals surface area (Å²) in [7, 11) is 0. The Balaban J connectivity index is 1.58. The van der Waals surface area contributed by atoms with Crippen molar-refractivity contribution in [3.8, 4) is 5.69 Å². The predicted octanol–water partition coefficient (Wildman–Crippen LogP) is 2.29. The van der Waals surface area contributed by atoms with Gasteiger partial charge >= 0.3 is 0 Å². The third kappa shape index (κ3) is 4.39. The van der Waals surface area contributed by atoms with Crippen LogP contribution < -0.4 is 5.32 Å². The smallest absolute Gasteiger partial charge is 0.256 e. The molecule has 134 valence electrons. The highest BCUT2D eigenvalue weighted by molar-refractivity contribution is 6.33. The van der Waals surface area contributed by atoms with E-state index in [9.17, 15) is 4.79 Å². The van der Waals surface area contributed by atoms with Gasteiger partial charge < -0.3 is 10.1 Å². The zero-order chi connectivity index (χ0) is 17.6. The van der Waals surface area contributed by atoms with Gasteiger partial charge in [-0.1, -0.05) is 29.8 Å². The molecular weight excluding hydrogens is 340 g/mol. The van der Waals surface area contributed by atoms with Gasteiger partial charge in [0.25, 0.3) is 5.91 Å². The molecule has 0 aliphatic carbocycles. The molecule has 0 radical (unpaired) electrons. The minimum Gasteiger partial charge on any atom is -0.379 e. The Labute approximate surface area is 152 Å². The van der Waals surface area contributed by atoms with Crippen molar-refractivity contribution in [3.05, 3.63) is 46.7 Å². The van der Waals surface area contributed by atoms with Gasteiger partial charge in [0.2, 0.25) is 0 Å². The molecule has 1 aromatic heterocycles. The minimum atomic E-state index is -0.174. The summed E-state index contributed by atoms with van der Waals surface area (Å²) < 4.78 is 6.93. The Morgan fingerprint density at radius 3 is 2.72 bits per heavy atom. The van der Waals surface area contributed by atoms with Crippen LogP contribution in [-0.2, 0) is 4.74 Å². The van der Waals surface area contributed by atoms with Crippen LogP contribution in [-0.4, -0.2) is 60.0 Å². The molecule has 0 atom stereocenters. The molecule has 0 saturated carbocycles.